The lowest BCUT2D eigenvalue weighted by Gasteiger charge is -2.18. The second-order valence-electron chi connectivity index (χ2n) is 7.57. The number of aliphatic imine (C=N–C) groups is 1. The standard InChI is InChI=1S/C24H34N4O2/c1-4-30-22-11-10-21(16-23(22)29-3)27-24(25-2)26-17-20-13-15-28(18-20)14-12-19-8-6-5-7-9-19/h5-11,16,20H,4,12-15,17-18H2,1-3H3,(H2,25,26,27). The molecule has 1 aliphatic rings. The van der Waals surface area contributed by atoms with Gasteiger partial charge in [0.2, 0.25) is 0 Å². The zero-order valence-corrected chi connectivity index (χ0v) is 18.4. The first-order valence-electron chi connectivity index (χ1n) is 10.8. The van der Waals surface area contributed by atoms with Crippen LogP contribution in [0.5, 0.6) is 11.5 Å². The lowest BCUT2D eigenvalue weighted by atomic mass is 10.1. The van der Waals surface area contributed by atoms with E-state index in [0.717, 1.165) is 43.5 Å². The molecule has 6 heteroatoms. The number of likely N-dealkylation sites (tertiary alicyclic amines) is 1. The molecule has 162 valence electrons. The normalized spacial score (nSPS) is 17.0. The molecule has 0 aromatic heterocycles. The summed E-state index contributed by atoms with van der Waals surface area (Å²) in [7, 11) is 3.44. The molecule has 1 saturated heterocycles. The average Bonchev–Trinajstić information content (AvgIpc) is 3.24. The van der Waals surface area contributed by atoms with Crippen LogP contribution in [0.15, 0.2) is 53.5 Å². The van der Waals surface area contributed by atoms with E-state index in [9.17, 15) is 0 Å². The lowest BCUT2D eigenvalue weighted by Crippen LogP contribution is -2.35. The van der Waals surface area contributed by atoms with Gasteiger partial charge in [-0.25, -0.2) is 0 Å². The number of guanidine groups is 1. The summed E-state index contributed by atoms with van der Waals surface area (Å²) in [6.07, 6.45) is 2.33. The van der Waals surface area contributed by atoms with Crippen molar-refractivity contribution >= 4 is 11.6 Å². The summed E-state index contributed by atoms with van der Waals surface area (Å²) >= 11 is 0. The Labute approximate surface area is 180 Å². The minimum atomic E-state index is 0.607. The Kier molecular flexibility index (Phi) is 8.39. The van der Waals surface area contributed by atoms with Gasteiger partial charge in [0.1, 0.15) is 0 Å². The molecule has 2 N–H and O–H groups in total. The number of methoxy groups -OCH3 is 1. The number of ether oxygens (including phenoxy) is 2. The highest BCUT2D eigenvalue weighted by Gasteiger charge is 2.22. The van der Waals surface area contributed by atoms with E-state index in [1.807, 2.05) is 25.1 Å². The van der Waals surface area contributed by atoms with Crippen LogP contribution in [-0.2, 0) is 6.42 Å². The molecule has 0 amide bonds. The Balaban J connectivity index is 1.44. The van der Waals surface area contributed by atoms with Gasteiger partial charge >= 0.3 is 0 Å². The Morgan fingerprint density at radius 1 is 1.17 bits per heavy atom. The molecule has 1 unspecified atom stereocenters. The first-order valence-corrected chi connectivity index (χ1v) is 10.8. The van der Waals surface area contributed by atoms with Crippen molar-refractivity contribution in [3.05, 3.63) is 54.1 Å². The smallest absolute Gasteiger partial charge is 0.195 e. The SMILES string of the molecule is CCOc1ccc(NC(=NC)NCC2CCN(CCc3ccccc3)C2)cc1OC. The van der Waals surface area contributed by atoms with Crippen LogP contribution in [0, 0.1) is 5.92 Å². The second-order valence-corrected chi connectivity index (χ2v) is 7.57. The summed E-state index contributed by atoms with van der Waals surface area (Å²) in [5.74, 6) is 2.86. The fourth-order valence-corrected chi connectivity index (χ4v) is 3.79. The average molecular weight is 411 g/mol. The highest BCUT2D eigenvalue weighted by Crippen LogP contribution is 2.30. The topological polar surface area (TPSA) is 58.1 Å². The summed E-state index contributed by atoms with van der Waals surface area (Å²) in [6, 6.07) is 16.5. The third-order valence-corrected chi connectivity index (χ3v) is 5.44. The fraction of sp³-hybridized carbons (Fsp3) is 0.458. The van der Waals surface area contributed by atoms with E-state index in [0.29, 0.717) is 18.3 Å². The molecule has 2 aromatic carbocycles. The van der Waals surface area contributed by atoms with Gasteiger partial charge in [-0.05, 0) is 49.9 Å². The quantitative estimate of drug-likeness (QED) is 0.488. The summed E-state index contributed by atoms with van der Waals surface area (Å²) in [4.78, 5) is 6.92. The summed E-state index contributed by atoms with van der Waals surface area (Å²) in [5.41, 5.74) is 2.33. The predicted octanol–water partition coefficient (Wildman–Crippen LogP) is 3.65. The van der Waals surface area contributed by atoms with Crippen LogP contribution in [0.4, 0.5) is 5.69 Å². The Bertz CT molecular complexity index is 810. The van der Waals surface area contributed by atoms with Gasteiger partial charge in [0.15, 0.2) is 17.5 Å². The predicted molar refractivity (Wildman–Crippen MR) is 124 cm³/mol. The van der Waals surface area contributed by atoms with E-state index >= 15 is 0 Å². The molecule has 0 spiro atoms. The zero-order chi connectivity index (χ0) is 21.2. The largest absolute Gasteiger partial charge is 0.493 e. The second kappa shape index (κ2) is 11.5. The van der Waals surface area contributed by atoms with Crippen molar-refractivity contribution in [1.29, 1.82) is 0 Å². The maximum absolute atomic E-state index is 5.58. The molecule has 0 bridgehead atoms. The monoisotopic (exact) mass is 410 g/mol. The molecule has 0 aliphatic carbocycles. The van der Waals surface area contributed by atoms with Crippen LogP contribution in [0.2, 0.25) is 0 Å². The van der Waals surface area contributed by atoms with Gasteiger partial charge in [-0.3, -0.25) is 4.99 Å². The summed E-state index contributed by atoms with van der Waals surface area (Å²) in [5, 5.41) is 6.82. The van der Waals surface area contributed by atoms with E-state index in [4.69, 9.17) is 9.47 Å². The first kappa shape index (κ1) is 22.0. The van der Waals surface area contributed by atoms with Crippen LogP contribution in [0.3, 0.4) is 0 Å². The zero-order valence-electron chi connectivity index (χ0n) is 18.4. The van der Waals surface area contributed by atoms with E-state index in [1.165, 1.54) is 18.5 Å². The third-order valence-electron chi connectivity index (χ3n) is 5.44. The molecule has 1 heterocycles. The van der Waals surface area contributed by atoms with Gasteiger partial charge in [0.05, 0.1) is 13.7 Å². The molecule has 1 atom stereocenters. The molecule has 0 saturated carbocycles. The van der Waals surface area contributed by atoms with Crippen LogP contribution in [0.1, 0.15) is 18.9 Å². The Hall–Kier alpha value is -2.73. The van der Waals surface area contributed by atoms with Crippen LogP contribution < -0.4 is 20.1 Å². The van der Waals surface area contributed by atoms with Gasteiger partial charge < -0.3 is 25.0 Å². The number of nitrogens with zero attached hydrogens (tertiary/aromatic N) is 2. The molecule has 1 fully saturated rings. The number of anilines is 1. The molecular formula is C24H34N4O2. The van der Waals surface area contributed by atoms with Crippen molar-refractivity contribution in [3.63, 3.8) is 0 Å². The minimum absolute atomic E-state index is 0.607. The molecule has 30 heavy (non-hydrogen) atoms. The van der Waals surface area contributed by atoms with Crippen molar-refractivity contribution in [2.24, 2.45) is 10.9 Å². The van der Waals surface area contributed by atoms with E-state index in [2.05, 4.69) is 50.9 Å². The molecular weight excluding hydrogens is 376 g/mol. The van der Waals surface area contributed by atoms with Crippen molar-refractivity contribution in [1.82, 2.24) is 10.2 Å². The van der Waals surface area contributed by atoms with Crippen molar-refractivity contribution < 1.29 is 9.47 Å². The van der Waals surface area contributed by atoms with Crippen LogP contribution in [0.25, 0.3) is 0 Å². The molecule has 3 rings (SSSR count). The minimum Gasteiger partial charge on any atom is -0.493 e. The molecule has 1 aliphatic heterocycles. The van der Waals surface area contributed by atoms with Gasteiger partial charge in [-0.15, -0.1) is 0 Å². The number of nitrogens with one attached hydrogen (secondary N) is 2. The van der Waals surface area contributed by atoms with E-state index in [1.54, 1.807) is 14.2 Å². The maximum atomic E-state index is 5.58. The maximum Gasteiger partial charge on any atom is 0.195 e. The summed E-state index contributed by atoms with van der Waals surface area (Å²) in [6.45, 7) is 6.91. The van der Waals surface area contributed by atoms with E-state index < -0.39 is 0 Å². The highest BCUT2D eigenvalue weighted by atomic mass is 16.5. The van der Waals surface area contributed by atoms with Gasteiger partial charge in [-0.1, -0.05) is 30.3 Å². The van der Waals surface area contributed by atoms with Gasteiger partial charge in [0.25, 0.3) is 0 Å². The number of hydrogen-bond acceptors (Lipinski definition) is 4. The first-order chi connectivity index (χ1) is 14.7. The van der Waals surface area contributed by atoms with E-state index in [-0.39, 0.29) is 0 Å². The Morgan fingerprint density at radius 3 is 2.73 bits per heavy atom. The van der Waals surface area contributed by atoms with Gasteiger partial charge in [-0.2, -0.15) is 0 Å². The molecule has 2 aromatic rings. The fourth-order valence-electron chi connectivity index (χ4n) is 3.79. The third kappa shape index (κ3) is 6.39. The van der Waals surface area contributed by atoms with Crippen molar-refractivity contribution in [2.45, 2.75) is 19.8 Å². The Morgan fingerprint density at radius 2 is 2.00 bits per heavy atom. The highest BCUT2D eigenvalue weighted by molar-refractivity contribution is 5.93. The van der Waals surface area contributed by atoms with Crippen LogP contribution in [-0.4, -0.2) is 57.8 Å². The lowest BCUT2D eigenvalue weighted by molar-refractivity contribution is 0.311. The molecule has 6 nitrogen and oxygen atoms in total. The number of rotatable bonds is 9. The number of benzene rings is 2. The number of hydrogen-bond donors (Lipinski definition) is 2. The molecule has 0 radical (unpaired) electrons. The van der Waals surface area contributed by atoms with Crippen molar-refractivity contribution in [3.8, 4) is 11.5 Å². The van der Waals surface area contributed by atoms with Crippen molar-refractivity contribution in [2.75, 3.05) is 52.3 Å². The van der Waals surface area contributed by atoms with Gasteiger partial charge in [0, 0.05) is 38.4 Å². The van der Waals surface area contributed by atoms with Crippen LogP contribution >= 0.6 is 0 Å². The summed E-state index contributed by atoms with van der Waals surface area (Å²) < 4.78 is 11.0.